The van der Waals surface area contributed by atoms with Crippen LogP contribution in [0.1, 0.15) is 6.42 Å². The number of amides is 2. The van der Waals surface area contributed by atoms with Crippen LogP contribution in [0.2, 0.25) is 0 Å². The molecule has 2 rings (SSSR count). The molecule has 2 fully saturated rings. The van der Waals surface area contributed by atoms with E-state index in [1.54, 1.807) is 4.90 Å². The Hall–Kier alpha value is -1.14. The first-order chi connectivity index (χ1) is 8.27. The van der Waals surface area contributed by atoms with Crippen LogP contribution in [0, 0.1) is 5.92 Å². The molecule has 0 bridgehead atoms. The fraction of sp³-hybridized carbons (Fsp3) is 0.818. The molecule has 2 N–H and O–H groups in total. The molecular weight excluding hydrogens is 222 g/mol. The van der Waals surface area contributed by atoms with Crippen LogP contribution in [-0.4, -0.2) is 62.7 Å². The zero-order valence-electron chi connectivity index (χ0n) is 9.91. The first kappa shape index (κ1) is 12.3. The maximum atomic E-state index is 11.8. The maximum absolute atomic E-state index is 11.8. The van der Waals surface area contributed by atoms with Crippen molar-refractivity contribution in [3.8, 4) is 0 Å². The van der Waals surface area contributed by atoms with E-state index >= 15 is 0 Å². The Balaban J connectivity index is 1.69. The van der Waals surface area contributed by atoms with Crippen molar-refractivity contribution >= 4 is 11.8 Å². The normalized spacial score (nSPS) is 24.7. The van der Waals surface area contributed by atoms with E-state index in [1.165, 1.54) is 0 Å². The van der Waals surface area contributed by atoms with Crippen LogP contribution in [0.15, 0.2) is 0 Å². The number of nitrogens with one attached hydrogen (secondary N) is 2. The van der Waals surface area contributed by atoms with E-state index in [0.717, 1.165) is 32.6 Å². The van der Waals surface area contributed by atoms with Crippen molar-refractivity contribution in [3.05, 3.63) is 0 Å². The summed E-state index contributed by atoms with van der Waals surface area (Å²) in [5.74, 6) is -0.143. The minimum absolute atomic E-state index is 0.00114. The number of rotatable bonds is 3. The molecule has 0 aliphatic carbocycles. The number of nitrogens with zero attached hydrogens (tertiary/aromatic N) is 1. The lowest BCUT2D eigenvalue weighted by Crippen LogP contribution is -2.50. The number of piperazine rings is 1. The molecule has 0 saturated carbocycles. The van der Waals surface area contributed by atoms with E-state index in [2.05, 4.69) is 10.6 Å². The van der Waals surface area contributed by atoms with Crippen molar-refractivity contribution in [2.75, 3.05) is 45.9 Å². The van der Waals surface area contributed by atoms with Crippen LogP contribution in [0.3, 0.4) is 0 Å². The van der Waals surface area contributed by atoms with Crippen molar-refractivity contribution in [1.82, 2.24) is 15.5 Å². The minimum Gasteiger partial charge on any atom is -0.381 e. The SMILES string of the molecule is O=C(NCC(=O)N1CCNCC1)C1CCOC1. The molecule has 1 unspecified atom stereocenters. The third-order valence-corrected chi connectivity index (χ3v) is 3.18. The van der Waals surface area contributed by atoms with Crippen LogP contribution in [-0.2, 0) is 14.3 Å². The highest BCUT2D eigenvalue weighted by Gasteiger charge is 2.24. The Morgan fingerprint density at radius 3 is 2.76 bits per heavy atom. The average molecular weight is 241 g/mol. The van der Waals surface area contributed by atoms with Gasteiger partial charge in [-0.2, -0.15) is 0 Å². The van der Waals surface area contributed by atoms with Crippen molar-refractivity contribution in [2.45, 2.75) is 6.42 Å². The van der Waals surface area contributed by atoms with Gasteiger partial charge in [0.1, 0.15) is 0 Å². The van der Waals surface area contributed by atoms with Crippen LogP contribution in [0.5, 0.6) is 0 Å². The summed E-state index contributed by atoms with van der Waals surface area (Å²) in [6.45, 7) is 4.33. The second-order valence-electron chi connectivity index (χ2n) is 4.41. The van der Waals surface area contributed by atoms with Gasteiger partial charge in [-0.25, -0.2) is 0 Å². The Morgan fingerprint density at radius 2 is 2.12 bits per heavy atom. The van der Waals surface area contributed by atoms with Gasteiger partial charge in [-0.1, -0.05) is 0 Å². The predicted octanol–water partition coefficient (Wildman–Crippen LogP) is -1.43. The molecule has 2 aliphatic rings. The Morgan fingerprint density at radius 1 is 1.35 bits per heavy atom. The summed E-state index contributed by atoms with van der Waals surface area (Å²) in [6.07, 6.45) is 0.758. The average Bonchev–Trinajstić information content (AvgIpc) is 2.90. The van der Waals surface area contributed by atoms with E-state index in [-0.39, 0.29) is 24.3 Å². The first-order valence-corrected chi connectivity index (χ1v) is 6.11. The largest absolute Gasteiger partial charge is 0.381 e. The van der Waals surface area contributed by atoms with E-state index < -0.39 is 0 Å². The summed E-state index contributed by atoms with van der Waals surface area (Å²) in [7, 11) is 0. The van der Waals surface area contributed by atoms with E-state index in [4.69, 9.17) is 4.74 Å². The number of hydrogen-bond acceptors (Lipinski definition) is 4. The van der Waals surface area contributed by atoms with Gasteiger partial charge in [0.25, 0.3) is 0 Å². The van der Waals surface area contributed by atoms with Gasteiger partial charge in [-0.15, -0.1) is 0 Å². The summed E-state index contributed by atoms with van der Waals surface area (Å²) in [5, 5.41) is 5.87. The van der Waals surface area contributed by atoms with Crippen molar-refractivity contribution in [1.29, 1.82) is 0 Å². The molecule has 6 nitrogen and oxygen atoms in total. The predicted molar refractivity (Wildman–Crippen MR) is 61.4 cm³/mol. The number of carbonyl (C=O) groups is 2. The zero-order chi connectivity index (χ0) is 12.1. The molecule has 2 heterocycles. The highest BCUT2D eigenvalue weighted by Crippen LogP contribution is 2.11. The van der Waals surface area contributed by atoms with Crippen molar-refractivity contribution in [2.24, 2.45) is 5.92 Å². The molecule has 2 aliphatic heterocycles. The standard InChI is InChI=1S/C11H19N3O3/c15-10(14-4-2-12-3-5-14)7-13-11(16)9-1-6-17-8-9/h9,12H,1-8H2,(H,13,16). The molecule has 1 atom stereocenters. The Bertz CT molecular complexity index is 284. The fourth-order valence-corrected chi connectivity index (χ4v) is 2.07. The van der Waals surface area contributed by atoms with E-state index in [0.29, 0.717) is 13.2 Å². The third kappa shape index (κ3) is 3.41. The van der Waals surface area contributed by atoms with Crippen LogP contribution >= 0.6 is 0 Å². The summed E-state index contributed by atoms with van der Waals surface area (Å²) < 4.78 is 5.14. The zero-order valence-corrected chi connectivity index (χ0v) is 9.91. The topological polar surface area (TPSA) is 70.7 Å². The van der Waals surface area contributed by atoms with Crippen molar-refractivity contribution in [3.63, 3.8) is 0 Å². The summed E-state index contributed by atoms with van der Waals surface area (Å²) in [4.78, 5) is 25.2. The van der Waals surface area contributed by atoms with Gasteiger partial charge < -0.3 is 20.3 Å². The Labute approximate surface area is 101 Å². The van der Waals surface area contributed by atoms with Gasteiger partial charge in [-0.05, 0) is 6.42 Å². The van der Waals surface area contributed by atoms with Gasteiger partial charge in [0.05, 0.1) is 19.1 Å². The van der Waals surface area contributed by atoms with Gasteiger partial charge in [-0.3, -0.25) is 9.59 Å². The van der Waals surface area contributed by atoms with E-state index in [1.807, 2.05) is 0 Å². The first-order valence-electron chi connectivity index (χ1n) is 6.11. The molecule has 0 aromatic heterocycles. The second-order valence-corrected chi connectivity index (χ2v) is 4.41. The lowest BCUT2D eigenvalue weighted by atomic mass is 10.1. The molecule has 0 radical (unpaired) electrons. The number of ether oxygens (including phenoxy) is 1. The summed E-state index contributed by atoms with van der Waals surface area (Å²) >= 11 is 0. The minimum atomic E-state index is -0.0779. The van der Waals surface area contributed by atoms with Gasteiger partial charge in [0.2, 0.25) is 11.8 Å². The molecule has 0 aromatic carbocycles. The molecule has 96 valence electrons. The second kappa shape index (κ2) is 5.97. The highest BCUT2D eigenvalue weighted by atomic mass is 16.5. The number of hydrogen-bond donors (Lipinski definition) is 2. The molecule has 6 heteroatoms. The molecule has 2 saturated heterocycles. The Kier molecular flexibility index (Phi) is 4.33. The van der Waals surface area contributed by atoms with Crippen LogP contribution in [0.4, 0.5) is 0 Å². The molecule has 0 aromatic rings. The van der Waals surface area contributed by atoms with Crippen molar-refractivity contribution < 1.29 is 14.3 Å². The lowest BCUT2D eigenvalue weighted by molar-refractivity contribution is -0.134. The lowest BCUT2D eigenvalue weighted by Gasteiger charge is -2.27. The molecular formula is C11H19N3O3. The molecule has 2 amide bonds. The quantitative estimate of drug-likeness (QED) is 0.635. The van der Waals surface area contributed by atoms with E-state index in [9.17, 15) is 9.59 Å². The van der Waals surface area contributed by atoms with Gasteiger partial charge in [0.15, 0.2) is 0 Å². The van der Waals surface area contributed by atoms with Gasteiger partial charge >= 0.3 is 0 Å². The van der Waals surface area contributed by atoms with Crippen LogP contribution in [0.25, 0.3) is 0 Å². The van der Waals surface area contributed by atoms with Gasteiger partial charge in [0, 0.05) is 32.8 Å². The highest BCUT2D eigenvalue weighted by molar-refractivity contribution is 5.86. The third-order valence-electron chi connectivity index (χ3n) is 3.18. The molecule has 0 spiro atoms. The summed E-state index contributed by atoms with van der Waals surface area (Å²) in [6, 6.07) is 0. The number of carbonyl (C=O) groups excluding carboxylic acids is 2. The smallest absolute Gasteiger partial charge is 0.242 e. The molecule has 17 heavy (non-hydrogen) atoms. The fourth-order valence-electron chi connectivity index (χ4n) is 2.07. The monoisotopic (exact) mass is 241 g/mol. The maximum Gasteiger partial charge on any atom is 0.242 e. The summed E-state index contributed by atoms with van der Waals surface area (Å²) in [5.41, 5.74) is 0. The van der Waals surface area contributed by atoms with Crippen LogP contribution < -0.4 is 10.6 Å².